The number of benzene rings is 2. The molecule has 0 heterocycles. The van der Waals surface area contributed by atoms with E-state index in [4.69, 9.17) is 16.3 Å². The summed E-state index contributed by atoms with van der Waals surface area (Å²) < 4.78 is 5.25. The number of carbonyl (C=O) groups excluding carboxylic acids is 2. The van der Waals surface area contributed by atoms with Crippen molar-refractivity contribution in [3.05, 3.63) is 53.1 Å². The molecule has 0 saturated carbocycles. The molecule has 2 aromatic rings. The molecule has 1 unspecified atom stereocenters. The van der Waals surface area contributed by atoms with Gasteiger partial charge in [-0.2, -0.15) is 0 Å². The number of hydrogen-bond acceptors (Lipinski definition) is 3. The molecule has 2 aromatic carbocycles. The topological polar surface area (TPSA) is 71.9 Å². The van der Waals surface area contributed by atoms with Crippen LogP contribution in [-0.4, -0.2) is 39.1 Å². The first-order valence-electron chi connectivity index (χ1n) is 8.18. The van der Waals surface area contributed by atoms with Gasteiger partial charge in [0.25, 0.3) is 11.8 Å². The predicted octanol–water partition coefficient (Wildman–Crippen LogP) is 1.75. The van der Waals surface area contributed by atoms with E-state index in [0.717, 1.165) is 10.5 Å². The molecule has 2 rings (SSSR count). The van der Waals surface area contributed by atoms with Crippen molar-refractivity contribution in [3.8, 4) is 5.75 Å². The largest absolute Gasteiger partial charge is 0.495 e. The van der Waals surface area contributed by atoms with Crippen LogP contribution < -0.4 is 20.3 Å². The number of likely N-dealkylation sites (N-methyl/N-ethyl adjacent to an activating group) is 1. The molecular formula is C19H23ClN3O3+. The van der Waals surface area contributed by atoms with Gasteiger partial charge in [-0.25, -0.2) is 0 Å². The number of anilines is 2. The molecule has 0 aliphatic rings. The summed E-state index contributed by atoms with van der Waals surface area (Å²) in [7, 11) is 3.34. The average Bonchev–Trinajstić information content (AvgIpc) is 2.56. The maximum absolute atomic E-state index is 12.2. The van der Waals surface area contributed by atoms with Gasteiger partial charge in [-0.3, -0.25) is 9.59 Å². The Balaban J connectivity index is 1.86. The molecule has 6 nitrogen and oxygen atoms in total. The highest BCUT2D eigenvalue weighted by molar-refractivity contribution is 6.30. The van der Waals surface area contributed by atoms with E-state index in [-0.39, 0.29) is 24.9 Å². The molecule has 0 aliphatic carbocycles. The molecule has 0 fully saturated rings. The Labute approximate surface area is 158 Å². The minimum absolute atomic E-state index is 0.158. The number of quaternary nitrogens is 1. The van der Waals surface area contributed by atoms with Crippen LogP contribution in [0.15, 0.2) is 42.5 Å². The Morgan fingerprint density at radius 1 is 1.04 bits per heavy atom. The van der Waals surface area contributed by atoms with Gasteiger partial charge < -0.3 is 20.3 Å². The van der Waals surface area contributed by atoms with Gasteiger partial charge in [0.05, 0.1) is 19.8 Å². The Kier molecular flexibility index (Phi) is 7.00. The molecular weight excluding hydrogens is 354 g/mol. The third-order valence-corrected chi connectivity index (χ3v) is 3.93. The molecule has 0 spiro atoms. The maximum Gasteiger partial charge on any atom is 0.279 e. The van der Waals surface area contributed by atoms with Crippen molar-refractivity contribution in [1.29, 1.82) is 0 Å². The number of rotatable bonds is 7. The van der Waals surface area contributed by atoms with Crippen LogP contribution in [0.5, 0.6) is 5.75 Å². The second-order valence-corrected chi connectivity index (χ2v) is 6.55. The minimum Gasteiger partial charge on any atom is -0.495 e. The van der Waals surface area contributed by atoms with E-state index in [2.05, 4.69) is 10.6 Å². The van der Waals surface area contributed by atoms with Crippen LogP contribution in [0.3, 0.4) is 0 Å². The average molecular weight is 377 g/mol. The van der Waals surface area contributed by atoms with E-state index < -0.39 is 0 Å². The summed E-state index contributed by atoms with van der Waals surface area (Å²) in [5, 5.41) is 6.22. The van der Waals surface area contributed by atoms with E-state index in [1.54, 1.807) is 44.5 Å². The van der Waals surface area contributed by atoms with Crippen molar-refractivity contribution >= 4 is 34.8 Å². The fourth-order valence-corrected chi connectivity index (χ4v) is 2.59. The van der Waals surface area contributed by atoms with E-state index in [1.807, 2.05) is 19.1 Å². The number of carbonyl (C=O) groups is 2. The molecule has 1 atom stereocenters. The normalized spacial score (nSPS) is 11.5. The Morgan fingerprint density at radius 3 is 2.27 bits per heavy atom. The smallest absolute Gasteiger partial charge is 0.279 e. The van der Waals surface area contributed by atoms with Crippen molar-refractivity contribution in [3.63, 3.8) is 0 Å². The van der Waals surface area contributed by atoms with E-state index in [1.165, 1.54) is 0 Å². The summed E-state index contributed by atoms with van der Waals surface area (Å²) in [4.78, 5) is 25.1. The Hall–Kier alpha value is -2.57. The van der Waals surface area contributed by atoms with Crippen LogP contribution in [-0.2, 0) is 9.59 Å². The Bertz CT molecular complexity index is 778. The monoisotopic (exact) mass is 376 g/mol. The lowest BCUT2D eigenvalue weighted by atomic mass is 10.2. The summed E-state index contributed by atoms with van der Waals surface area (Å²) >= 11 is 5.82. The van der Waals surface area contributed by atoms with Gasteiger partial charge in [0.15, 0.2) is 13.1 Å². The highest BCUT2D eigenvalue weighted by atomic mass is 35.5. The minimum atomic E-state index is -0.189. The fourth-order valence-electron chi connectivity index (χ4n) is 2.46. The molecule has 0 bridgehead atoms. The first kappa shape index (κ1) is 19.8. The van der Waals surface area contributed by atoms with Gasteiger partial charge in [-0.1, -0.05) is 17.7 Å². The molecule has 2 amide bonds. The number of amides is 2. The van der Waals surface area contributed by atoms with Crippen molar-refractivity contribution in [2.24, 2.45) is 0 Å². The summed E-state index contributed by atoms with van der Waals surface area (Å²) in [6, 6.07) is 12.4. The maximum atomic E-state index is 12.2. The van der Waals surface area contributed by atoms with Gasteiger partial charge in [0.1, 0.15) is 5.75 Å². The van der Waals surface area contributed by atoms with Gasteiger partial charge in [0, 0.05) is 10.7 Å². The number of methoxy groups -OCH3 is 1. The van der Waals surface area contributed by atoms with Gasteiger partial charge in [-0.15, -0.1) is 0 Å². The lowest BCUT2D eigenvalue weighted by Gasteiger charge is -2.15. The third kappa shape index (κ3) is 6.06. The lowest BCUT2D eigenvalue weighted by molar-refractivity contribution is -0.862. The highest BCUT2D eigenvalue weighted by Crippen LogP contribution is 2.24. The number of halogens is 1. The number of hydrogen-bond donors (Lipinski definition) is 3. The second kappa shape index (κ2) is 9.22. The molecule has 7 heteroatoms. The second-order valence-electron chi connectivity index (χ2n) is 6.12. The first-order valence-corrected chi connectivity index (χ1v) is 8.56. The fraction of sp³-hybridized carbons (Fsp3) is 0.263. The lowest BCUT2D eigenvalue weighted by Crippen LogP contribution is -3.11. The van der Waals surface area contributed by atoms with Crippen molar-refractivity contribution in [1.82, 2.24) is 0 Å². The van der Waals surface area contributed by atoms with E-state index in [0.29, 0.717) is 22.1 Å². The van der Waals surface area contributed by atoms with Gasteiger partial charge in [0.2, 0.25) is 0 Å². The van der Waals surface area contributed by atoms with Gasteiger partial charge in [-0.05, 0) is 48.9 Å². The summed E-state index contributed by atoms with van der Waals surface area (Å²) in [5.41, 5.74) is 2.31. The van der Waals surface area contributed by atoms with Gasteiger partial charge >= 0.3 is 0 Å². The predicted molar refractivity (Wildman–Crippen MR) is 103 cm³/mol. The molecule has 0 aliphatic heterocycles. The number of ether oxygens (including phenoxy) is 1. The summed E-state index contributed by atoms with van der Waals surface area (Å²) in [6.07, 6.45) is 0. The summed E-state index contributed by atoms with van der Waals surface area (Å²) in [6.45, 7) is 2.26. The summed E-state index contributed by atoms with van der Waals surface area (Å²) in [5.74, 6) is 0.235. The van der Waals surface area contributed by atoms with Crippen LogP contribution >= 0.6 is 11.6 Å². The molecule has 3 N–H and O–H groups in total. The zero-order chi connectivity index (χ0) is 19.1. The molecule has 0 saturated heterocycles. The molecule has 26 heavy (non-hydrogen) atoms. The quantitative estimate of drug-likeness (QED) is 0.689. The molecule has 0 radical (unpaired) electrons. The van der Waals surface area contributed by atoms with Crippen molar-refractivity contribution in [2.75, 3.05) is 37.9 Å². The highest BCUT2D eigenvalue weighted by Gasteiger charge is 2.16. The zero-order valence-electron chi connectivity index (χ0n) is 15.1. The van der Waals surface area contributed by atoms with Crippen LogP contribution in [0.25, 0.3) is 0 Å². The van der Waals surface area contributed by atoms with Crippen LogP contribution in [0.2, 0.25) is 5.02 Å². The number of aryl methyl sites for hydroxylation is 1. The molecule has 138 valence electrons. The van der Waals surface area contributed by atoms with Crippen LogP contribution in [0.4, 0.5) is 11.4 Å². The molecule has 0 aromatic heterocycles. The van der Waals surface area contributed by atoms with Crippen molar-refractivity contribution in [2.45, 2.75) is 6.92 Å². The standard InChI is InChI=1S/C19H22ClN3O3/c1-13-4-9-17(26-3)16(10-13)22-19(25)12-23(2)11-18(24)21-15-7-5-14(20)6-8-15/h4-10H,11-12H2,1-3H3,(H,21,24)(H,22,25)/p+1. The zero-order valence-corrected chi connectivity index (χ0v) is 15.8. The SMILES string of the molecule is COc1ccc(C)cc1NC(=O)C[NH+](C)CC(=O)Nc1ccc(Cl)cc1. The van der Waals surface area contributed by atoms with E-state index in [9.17, 15) is 9.59 Å². The number of nitrogens with one attached hydrogen (secondary N) is 3. The van der Waals surface area contributed by atoms with E-state index >= 15 is 0 Å². The van der Waals surface area contributed by atoms with Crippen molar-refractivity contribution < 1.29 is 19.2 Å². The van der Waals surface area contributed by atoms with Crippen LogP contribution in [0, 0.1) is 6.92 Å². The van der Waals surface area contributed by atoms with Crippen LogP contribution in [0.1, 0.15) is 5.56 Å². The Morgan fingerprint density at radius 2 is 1.65 bits per heavy atom. The first-order chi connectivity index (χ1) is 12.4. The third-order valence-electron chi connectivity index (χ3n) is 3.68.